The summed E-state index contributed by atoms with van der Waals surface area (Å²) in [5.41, 5.74) is 0. The third kappa shape index (κ3) is 4.55. The third-order valence-electron chi connectivity index (χ3n) is 3.95. The predicted molar refractivity (Wildman–Crippen MR) is 68.0 cm³/mol. The molecule has 1 heteroatoms. The van der Waals surface area contributed by atoms with E-state index in [1.807, 2.05) is 0 Å². The molecule has 0 unspecified atom stereocenters. The standard InChI is InChI=1S/C14H30N/c1-3-5-6-7-8-12-15(11-4-2)13-9-10-14-15/h3-14H2,1-2H3/q+1. The Morgan fingerprint density at radius 2 is 1.40 bits per heavy atom. The molecule has 0 saturated carbocycles. The summed E-state index contributed by atoms with van der Waals surface area (Å²) in [4.78, 5) is 0. The van der Waals surface area contributed by atoms with Gasteiger partial charge in [-0.2, -0.15) is 0 Å². The number of quaternary nitrogens is 1. The first kappa shape index (κ1) is 13.0. The SMILES string of the molecule is CCCCCCC[N+]1(CCC)CCCC1. The molecule has 0 aliphatic carbocycles. The normalized spacial score (nSPS) is 19.6. The van der Waals surface area contributed by atoms with Gasteiger partial charge in [-0.15, -0.1) is 0 Å². The van der Waals surface area contributed by atoms with Gasteiger partial charge in [0.15, 0.2) is 0 Å². The van der Waals surface area contributed by atoms with Crippen LogP contribution >= 0.6 is 0 Å². The van der Waals surface area contributed by atoms with E-state index in [1.165, 1.54) is 82.0 Å². The first-order valence-corrected chi connectivity index (χ1v) is 7.18. The van der Waals surface area contributed by atoms with Crippen LogP contribution in [0.15, 0.2) is 0 Å². The van der Waals surface area contributed by atoms with Crippen LogP contribution < -0.4 is 0 Å². The van der Waals surface area contributed by atoms with E-state index < -0.39 is 0 Å². The van der Waals surface area contributed by atoms with Crippen molar-refractivity contribution >= 4 is 0 Å². The van der Waals surface area contributed by atoms with Crippen LogP contribution in [0.4, 0.5) is 0 Å². The molecule has 0 aromatic carbocycles. The molecule has 90 valence electrons. The second-order valence-electron chi connectivity index (χ2n) is 5.36. The lowest BCUT2D eigenvalue weighted by molar-refractivity contribution is -0.917. The topological polar surface area (TPSA) is 0 Å². The molecule has 0 spiro atoms. The zero-order valence-corrected chi connectivity index (χ0v) is 10.9. The molecule has 1 saturated heterocycles. The van der Waals surface area contributed by atoms with Crippen molar-refractivity contribution in [3.63, 3.8) is 0 Å². The minimum atomic E-state index is 1.37. The summed E-state index contributed by atoms with van der Waals surface area (Å²) in [5.74, 6) is 0. The Morgan fingerprint density at radius 3 is 2.00 bits per heavy atom. The minimum Gasteiger partial charge on any atom is -0.324 e. The Bertz CT molecular complexity index is 147. The van der Waals surface area contributed by atoms with Crippen LogP contribution in [0.2, 0.25) is 0 Å². The average Bonchev–Trinajstić information content (AvgIpc) is 2.67. The van der Waals surface area contributed by atoms with Crippen LogP contribution in [-0.4, -0.2) is 30.7 Å². The summed E-state index contributed by atoms with van der Waals surface area (Å²) >= 11 is 0. The highest BCUT2D eigenvalue weighted by Gasteiger charge is 2.29. The predicted octanol–water partition coefficient (Wildman–Crippen LogP) is 3.98. The Kier molecular flexibility index (Phi) is 6.31. The van der Waals surface area contributed by atoms with Crippen molar-refractivity contribution in [1.82, 2.24) is 0 Å². The van der Waals surface area contributed by atoms with Gasteiger partial charge in [0.05, 0.1) is 26.2 Å². The van der Waals surface area contributed by atoms with Gasteiger partial charge in [-0.05, 0) is 19.3 Å². The van der Waals surface area contributed by atoms with Crippen molar-refractivity contribution in [2.75, 3.05) is 26.2 Å². The zero-order chi connectivity index (χ0) is 11.0. The Balaban J connectivity index is 2.14. The monoisotopic (exact) mass is 212 g/mol. The van der Waals surface area contributed by atoms with Crippen molar-refractivity contribution in [2.24, 2.45) is 0 Å². The molecule has 0 N–H and O–H groups in total. The van der Waals surface area contributed by atoms with Crippen LogP contribution in [0, 0.1) is 0 Å². The number of rotatable bonds is 8. The summed E-state index contributed by atoms with van der Waals surface area (Å²) in [6, 6.07) is 0. The van der Waals surface area contributed by atoms with E-state index in [0.717, 1.165) is 0 Å². The van der Waals surface area contributed by atoms with Crippen molar-refractivity contribution < 1.29 is 4.48 Å². The lowest BCUT2D eigenvalue weighted by Gasteiger charge is -2.34. The maximum atomic E-state index is 2.34. The lowest BCUT2D eigenvalue weighted by atomic mass is 10.1. The van der Waals surface area contributed by atoms with Crippen LogP contribution in [0.5, 0.6) is 0 Å². The minimum absolute atomic E-state index is 1.37. The molecule has 0 aromatic rings. The van der Waals surface area contributed by atoms with E-state index in [4.69, 9.17) is 0 Å². The smallest absolute Gasteiger partial charge is 0.0788 e. The lowest BCUT2D eigenvalue weighted by Crippen LogP contribution is -2.46. The molecule has 15 heavy (non-hydrogen) atoms. The van der Waals surface area contributed by atoms with Gasteiger partial charge in [0.25, 0.3) is 0 Å². The summed E-state index contributed by atoms with van der Waals surface area (Å²) in [7, 11) is 0. The first-order valence-electron chi connectivity index (χ1n) is 7.18. The molecular weight excluding hydrogens is 182 g/mol. The summed E-state index contributed by atoms with van der Waals surface area (Å²) in [6.45, 7) is 10.5. The molecule has 0 aromatic heterocycles. The van der Waals surface area contributed by atoms with Gasteiger partial charge in [-0.1, -0.05) is 33.1 Å². The molecular formula is C14H30N+. The van der Waals surface area contributed by atoms with Gasteiger partial charge < -0.3 is 4.48 Å². The summed E-state index contributed by atoms with van der Waals surface area (Å²) in [6.07, 6.45) is 11.5. The maximum Gasteiger partial charge on any atom is 0.0788 e. The molecule has 1 heterocycles. The number of hydrogen-bond acceptors (Lipinski definition) is 0. The van der Waals surface area contributed by atoms with Crippen molar-refractivity contribution in [1.29, 1.82) is 0 Å². The van der Waals surface area contributed by atoms with E-state index in [2.05, 4.69) is 13.8 Å². The van der Waals surface area contributed by atoms with Crippen LogP contribution in [0.3, 0.4) is 0 Å². The van der Waals surface area contributed by atoms with Gasteiger partial charge >= 0.3 is 0 Å². The van der Waals surface area contributed by atoms with E-state index in [0.29, 0.717) is 0 Å². The molecule has 1 aliphatic rings. The molecule has 1 fully saturated rings. The van der Waals surface area contributed by atoms with Crippen molar-refractivity contribution in [3.05, 3.63) is 0 Å². The van der Waals surface area contributed by atoms with Gasteiger partial charge in [-0.3, -0.25) is 0 Å². The van der Waals surface area contributed by atoms with E-state index in [9.17, 15) is 0 Å². The first-order chi connectivity index (χ1) is 7.33. The maximum absolute atomic E-state index is 2.34. The molecule has 1 nitrogen and oxygen atoms in total. The summed E-state index contributed by atoms with van der Waals surface area (Å²) < 4.78 is 1.46. The Labute approximate surface area is 96.4 Å². The summed E-state index contributed by atoms with van der Waals surface area (Å²) in [5, 5.41) is 0. The quantitative estimate of drug-likeness (QED) is 0.422. The molecule has 0 amide bonds. The van der Waals surface area contributed by atoms with Crippen LogP contribution in [-0.2, 0) is 0 Å². The Morgan fingerprint density at radius 1 is 0.733 bits per heavy atom. The number of likely N-dealkylation sites (tertiary alicyclic amines) is 1. The van der Waals surface area contributed by atoms with Gasteiger partial charge in [0.2, 0.25) is 0 Å². The van der Waals surface area contributed by atoms with E-state index in [-0.39, 0.29) is 0 Å². The van der Waals surface area contributed by atoms with Crippen molar-refractivity contribution in [3.8, 4) is 0 Å². The Hall–Kier alpha value is -0.0400. The van der Waals surface area contributed by atoms with Gasteiger partial charge in [-0.25, -0.2) is 0 Å². The fourth-order valence-electron chi connectivity index (χ4n) is 3.09. The fourth-order valence-corrected chi connectivity index (χ4v) is 3.09. The van der Waals surface area contributed by atoms with E-state index >= 15 is 0 Å². The van der Waals surface area contributed by atoms with Gasteiger partial charge in [0, 0.05) is 12.8 Å². The fraction of sp³-hybridized carbons (Fsp3) is 1.00. The number of hydrogen-bond donors (Lipinski definition) is 0. The number of nitrogens with zero attached hydrogens (tertiary/aromatic N) is 1. The van der Waals surface area contributed by atoms with Crippen molar-refractivity contribution in [2.45, 2.75) is 65.2 Å². The molecule has 1 rings (SSSR count). The number of unbranched alkanes of at least 4 members (excludes halogenated alkanes) is 4. The largest absolute Gasteiger partial charge is 0.324 e. The molecule has 0 atom stereocenters. The van der Waals surface area contributed by atoms with Crippen LogP contribution in [0.1, 0.15) is 65.2 Å². The molecule has 0 radical (unpaired) electrons. The van der Waals surface area contributed by atoms with Gasteiger partial charge in [0.1, 0.15) is 0 Å². The van der Waals surface area contributed by atoms with Crippen LogP contribution in [0.25, 0.3) is 0 Å². The zero-order valence-electron chi connectivity index (χ0n) is 10.9. The molecule has 0 bridgehead atoms. The highest BCUT2D eigenvalue weighted by atomic mass is 15.4. The van der Waals surface area contributed by atoms with E-state index in [1.54, 1.807) is 0 Å². The highest BCUT2D eigenvalue weighted by Crippen LogP contribution is 2.21. The third-order valence-corrected chi connectivity index (χ3v) is 3.95. The second-order valence-corrected chi connectivity index (χ2v) is 5.36. The highest BCUT2D eigenvalue weighted by molar-refractivity contribution is 4.55. The molecule has 1 aliphatic heterocycles. The second kappa shape index (κ2) is 7.27. The average molecular weight is 212 g/mol.